The zero-order chi connectivity index (χ0) is 21.9. The summed E-state index contributed by atoms with van der Waals surface area (Å²) in [6.07, 6.45) is 11.5. The SMILES string of the molecule is C[C@@](O)(/C=C/[C@@H]1CC=CC(=O)O1)[C@H](C[C@@H](O)\C=C/C=C\C=C\CO)OP(=O)(O)O. The number of hydrogen-bond acceptors (Lipinski definition) is 7. The predicted molar refractivity (Wildman–Crippen MR) is 105 cm³/mol. The first-order valence-corrected chi connectivity index (χ1v) is 10.4. The van der Waals surface area contributed by atoms with E-state index in [4.69, 9.17) is 19.6 Å². The Morgan fingerprint density at radius 1 is 1.34 bits per heavy atom. The molecule has 0 bridgehead atoms. The Morgan fingerprint density at radius 2 is 2.03 bits per heavy atom. The van der Waals surface area contributed by atoms with E-state index in [1.807, 2.05) is 0 Å². The van der Waals surface area contributed by atoms with E-state index in [0.717, 1.165) is 0 Å². The van der Waals surface area contributed by atoms with Gasteiger partial charge in [0.05, 0.1) is 12.7 Å². The van der Waals surface area contributed by atoms with Gasteiger partial charge in [0.2, 0.25) is 0 Å². The van der Waals surface area contributed by atoms with Crippen LogP contribution < -0.4 is 0 Å². The summed E-state index contributed by atoms with van der Waals surface area (Å²) in [5, 5.41) is 29.4. The van der Waals surface area contributed by atoms with Gasteiger partial charge in [-0.05, 0) is 13.0 Å². The molecule has 9 nitrogen and oxygen atoms in total. The third kappa shape index (κ3) is 11.1. The van der Waals surface area contributed by atoms with Gasteiger partial charge in [-0.25, -0.2) is 9.36 Å². The minimum absolute atomic E-state index is 0.100. The van der Waals surface area contributed by atoms with E-state index < -0.39 is 37.7 Å². The molecule has 4 atom stereocenters. The van der Waals surface area contributed by atoms with Gasteiger partial charge in [-0.1, -0.05) is 48.6 Å². The molecule has 10 heteroatoms. The van der Waals surface area contributed by atoms with Crippen molar-refractivity contribution in [1.82, 2.24) is 0 Å². The number of cyclic esters (lactones) is 1. The van der Waals surface area contributed by atoms with E-state index in [9.17, 15) is 19.6 Å². The summed E-state index contributed by atoms with van der Waals surface area (Å²) in [4.78, 5) is 29.6. The van der Waals surface area contributed by atoms with E-state index in [-0.39, 0.29) is 13.0 Å². The topological polar surface area (TPSA) is 154 Å². The van der Waals surface area contributed by atoms with Crippen molar-refractivity contribution < 1.29 is 43.7 Å². The normalized spacial score (nSPS) is 22.6. The monoisotopic (exact) mass is 430 g/mol. The molecule has 0 unspecified atom stereocenters. The lowest BCUT2D eigenvalue weighted by Gasteiger charge is -2.31. The number of phosphoric acid groups is 1. The van der Waals surface area contributed by atoms with Crippen molar-refractivity contribution in [2.24, 2.45) is 0 Å². The largest absolute Gasteiger partial charge is 0.469 e. The smallest absolute Gasteiger partial charge is 0.455 e. The molecule has 0 spiro atoms. The molecule has 0 aromatic heterocycles. The molecule has 0 saturated heterocycles. The van der Waals surface area contributed by atoms with Gasteiger partial charge >= 0.3 is 13.8 Å². The van der Waals surface area contributed by atoms with Crippen LogP contribution in [0.5, 0.6) is 0 Å². The maximum Gasteiger partial charge on any atom is 0.469 e. The van der Waals surface area contributed by atoms with E-state index in [1.165, 1.54) is 43.4 Å². The molecule has 0 radical (unpaired) electrons. The molecule has 1 heterocycles. The summed E-state index contributed by atoms with van der Waals surface area (Å²) >= 11 is 0. The van der Waals surface area contributed by atoms with Gasteiger partial charge in [-0.15, -0.1) is 0 Å². The van der Waals surface area contributed by atoms with Crippen molar-refractivity contribution >= 4 is 13.8 Å². The van der Waals surface area contributed by atoms with Crippen LogP contribution in [0.25, 0.3) is 0 Å². The van der Waals surface area contributed by atoms with Crippen LogP contribution in [0.15, 0.2) is 60.8 Å². The van der Waals surface area contributed by atoms with Gasteiger partial charge in [-0.2, -0.15) is 0 Å². The van der Waals surface area contributed by atoms with Gasteiger partial charge in [0, 0.05) is 18.9 Å². The van der Waals surface area contributed by atoms with Crippen LogP contribution in [-0.4, -0.2) is 61.6 Å². The Balaban J connectivity index is 2.84. The second-order valence-corrected chi connectivity index (χ2v) is 7.66. The number of aliphatic hydroxyl groups excluding tert-OH is 2. The predicted octanol–water partition coefficient (Wildman–Crippen LogP) is 1.06. The van der Waals surface area contributed by atoms with Crippen LogP contribution in [0.1, 0.15) is 19.8 Å². The van der Waals surface area contributed by atoms with Crippen LogP contribution in [0.3, 0.4) is 0 Å². The molecule has 0 fully saturated rings. The standard InChI is InChI=1S/C19H27O9P/c1-19(23,12-11-16-9-7-10-18(22)27-16)17(28-29(24,25)26)14-15(21)8-5-3-2-4-6-13-20/h2-8,10-12,15-17,20-21,23H,9,13-14H2,1H3,(H2,24,25,26)/b3-2-,6-4+,8-5-,12-11+/t15-,16-,17-,19+/m0/s1. The first-order chi connectivity index (χ1) is 13.5. The molecule has 5 N–H and O–H groups in total. The molecule has 0 aromatic carbocycles. The fraction of sp³-hybridized carbons (Fsp3) is 0.421. The van der Waals surface area contributed by atoms with Crippen LogP contribution in [0.2, 0.25) is 0 Å². The Bertz CT molecular complexity index is 715. The molecular formula is C19H27O9P. The summed E-state index contributed by atoms with van der Waals surface area (Å²) in [5.41, 5.74) is -1.87. The third-order valence-corrected chi connectivity index (χ3v) is 4.35. The number of rotatable bonds is 11. The molecule has 162 valence electrons. The fourth-order valence-electron chi connectivity index (χ4n) is 2.37. The lowest BCUT2D eigenvalue weighted by Crippen LogP contribution is -2.41. The van der Waals surface area contributed by atoms with Crippen LogP contribution in [-0.2, 0) is 18.6 Å². The highest BCUT2D eigenvalue weighted by atomic mass is 31.2. The van der Waals surface area contributed by atoms with Crippen LogP contribution in [0, 0.1) is 0 Å². The van der Waals surface area contributed by atoms with Crippen molar-refractivity contribution in [1.29, 1.82) is 0 Å². The zero-order valence-corrected chi connectivity index (χ0v) is 16.8. The second-order valence-electron chi connectivity index (χ2n) is 6.47. The number of carbonyl (C=O) groups is 1. The lowest BCUT2D eigenvalue weighted by atomic mass is 9.93. The van der Waals surface area contributed by atoms with Crippen LogP contribution >= 0.6 is 7.82 Å². The number of ether oxygens (including phenoxy) is 1. The lowest BCUT2D eigenvalue weighted by molar-refractivity contribution is -0.141. The van der Waals surface area contributed by atoms with E-state index in [0.29, 0.717) is 6.42 Å². The maximum absolute atomic E-state index is 11.3. The maximum atomic E-state index is 11.3. The highest BCUT2D eigenvalue weighted by Gasteiger charge is 2.37. The fourth-order valence-corrected chi connectivity index (χ4v) is 3.01. The molecule has 0 aromatic rings. The Morgan fingerprint density at radius 3 is 2.66 bits per heavy atom. The second kappa shape index (κ2) is 12.0. The molecule has 0 aliphatic carbocycles. The zero-order valence-electron chi connectivity index (χ0n) is 15.9. The minimum atomic E-state index is -4.96. The highest BCUT2D eigenvalue weighted by molar-refractivity contribution is 7.46. The molecule has 1 aliphatic heterocycles. The quantitative estimate of drug-likeness (QED) is 0.140. The van der Waals surface area contributed by atoms with Crippen molar-refractivity contribution in [3.05, 3.63) is 60.8 Å². The molecular weight excluding hydrogens is 403 g/mol. The number of carbonyl (C=O) groups excluding carboxylic acids is 1. The summed E-state index contributed by atoms with van der Waals surface area (Å²) in [5.74, 6) is -0.531. The van der Waals surface area contributed by atoms with Crippen molar-refractivity contribution in [3.63, 3.8) is 0 Å². The number of aliphatic hydroxyl groups is 3. The molecule has 0 amide bonds. The number of allylic oxidation sites excluding steroid dienone is 4. The first kappa shape index (κ1) is 25.2. The molecule has 1 aliphatic rings. The Kier molecular flexibility index (Phi) is 10.4. The molecule has 29 heavy (non-hydrogen) atoms. The van der Waals surface area contributed by atoms with Gasteiger partial charge in [-0.3, -0.25) is 4.52 Å². The van der Waals surface area contributed by atoms with Gasteiger partial charge in [0.25, 0.3) is 0 Å². The Labute approximate surface area is 169 Å². The Hall–Kier alpha value is -1.84. The summed E-state index contributed by atoms with van der Waals surface area (Å²) in [6.45, 7) is 1.16. The summed E-state index contributed by atoms with van der Waals surface area (Å²) in [6, 6.07) is 0. The highest BCUT2D eigenvalue weighted by Crippen LogP contribution is 2.41. The van der Waals surface area contributed by atoms with Crippen molar-refractivity contribution in [2.75, 3.05) is 6.61 Å². The van der Waals surface area contributed by atoms with E-state index in [1.54, 1.807) is 24.3 Å². The average Bonchev–Trinajstić information content (AvgIpc) is 2.61. The van der Waals surface area contributed by atoms with Gasteiger partial charge in [0.1, 0.15) is 17.8 Å². The van der Waals surface area contributed by atoms with E-state index >= 15 is 0 Å². The van der Waals surface area contributed by atoms with E-state index in [2.05, 4.69) is 4.52 Å². The van der Waals surface area contributed by atoms with Gasteiger partial charge < -0.3 is 29.8 Å². The molecule has 0 saturated carbocycles. The molecule has 1 rings (SSSR count). The number of phosphoric ester groups is 1. The average molecular weight is 430 g/mol. The van der Waals surface area contributed by atoms with Crippen molar-refractivity contribution in [3.8, 4) is 0 Å². The van der Waals surface area contributed by atoms with Crippen LogP contribution in [0.4, 0.5) is 0 Å². The van der Waals surface area contributed by atoms with Gasteiger partial charge in [0.15, 0.2) is 0 Å². The summed E-state index contributed by atoms with van der Waals surface area (Å²) < 4.78 is 21.0. The van der Waals surface area contributed by atoms with Crippen molar-refractivity contribution in [2.45, 2.75) is 43.7 Å². The number of hydrogen-bond donors (Lipinski definition) is 5. The minimum Gasteiger partial charge on any atom is -0.455 e. The summed E-state index contributed by atoms with van der Waals surface area (Å²) in [7, 11) is -4.96. The number of esters is 1. The first-order valence-electron chi connectivity index (χ1n) is 8.85. The third-order valence-electron chi connectivity index (χ3n) is 3.82.